The zero-order valence-electron chi connectivity index (χ0n) is 8.78. The van der Waals surface area contributed by atoms with Crippen LogP contribution < -0.4 is 5.73 Å². The van der Waals surface area contributed by atoms with Crippen LogP contribution in [-0.2, 0) is 0 Å². The topological polar surface area (TPSA) is 26.0 Å². The highest BCUT2D eigenvalue weighted by Crippen LogP contribution is 2.32. The molecule has 0 amide bonds. The van der Waals surface area contributed by atoms with Gasteiger partial charge in [-0.25, -0.2) is 0 Å². The molecule has 82 valence electrons. The van der Waals surface area contributed by atoms with E-state index in [1.54, 1.807) is 0 Å². The van der Waals surface area contributed by atoms with Gasteiger partial charge < -0.3 is 5.73 Å². The minimum Gasteiger partial charge on any atom is -0.327 e. The number of hydrogen-bond donors (Lipinski definition) is 1. The molecule has 0 aromatic heterocycles. The average Bonchev–Trinajstić information content (AvgIpc) is 2.72. The molecule has 3 heteroatoms. The van der Waals surface area contributed by atoms with Crippen molar-refractivity contribution in [1.29, 1.82) is 0 Å². The van der Waals surface area contributed by atoms with Crippen molar-refractivity contribution >= 4 is 23.5 Å². The van der Waals surface area contributed by atoms with Crippen LogP contribution in [0.5, 0.6) is 0 Å². The Morgan fingerprint density at radius 1 is 1.21 bits per heavy atom. The van der Waals surface area contributed by atoms with E-state index in [-0.39, 0.29) is 0 Å². The number of thioether (sulfide) groups is 2. The van der Waals surface area contributed by atoms with Gasteiger partial charge in [0.25, 0.3) is 0 Å². The number of hydrogen-bond acceptors (Lipinski definition) is 3. The van der Waals surface area contributed by atoms with E-state index < -0.39 is 0 Å². The molecule has 0 radical (unpaired) electrons. The molecule has 1 heterocycles. The molecule has 2 atom stereocenters. The van der Waals surface area contributed by atoms with Gasteiger partial charge in [0, 0.05) is 28.6 Å². The fraction of sp³-hybridized carbons (Fsp3) is 1.00. The van der Waals surface area contributed by atoms with E-state index in [2.05, 4.69) is 23.5 Å². The Hall–Kier alpha value is 0.660. The molecule has 2 N–H and O–H groups in total. The van der Waals surface area contributed by atoms with Gasteiger partial charge in [-0.3, -0.25) is 0 Å². The largest absolute Gasteiger partial charge is 0.327 e. The lowest BCUT2D eigenvalue weighted by atomic mass is 9.97. The van der Waals surface area contributed by atoms with Crippen LogP contribution in [0.25, 0.3) is 0 Å². The van der Waals surface area contributed by atoms with Gasteiger partial charge in [-0.1, -0.05) is 25.7 Å². The van der Waals surface area contributed by atoms with Gasteiger partial charge in [-0.15, -0.1) is 0 Å². The molecule has 2 fully saturated rings. The summed E-state index contributed by atoms with van der Waals surface area (Å²) >= 11 is 4.20. The van der Waals surface area contributed by atoms with Gasteiger partial charge >= 0.3 is 0 Å². The molecule has 1 saturated carbocycles. The first-order chi connectivity index (χ1) is 6.86. The summed E-state index contributed by atoms with van der Waals surface area (Å²) in [6.07, 6.45) is 7.07. The second-order valence-electron chi connectivity index (χ2n) is 4.53. The third kappa shape index (κ3) is 3.07. The average molecular weight is 231 g/mol. The standard InChI is InChI=1S/C11H21NS2/c12-10(7-9-3-1-2-4-9)11-8-13-5-6-14-11/h9-11H,1-8,12H2. The van der Waals surface area contributed by atoms with E-state index in [9.17, 15) is 0 Å². The van der Waals surface area contributed by atoms with Crippen molar-refractivity contribution in [3.05, 3.63) is 0 Å². The van der Waals surface area contributed by atoms with Crippen molar-refractivity contribution in [3.8, 4) is 0 Å². The molecule has 2 unspecified atom stereocenters. The quantitative estimate of drug-likeness (QED) is 0.809. The molecule has 2 aliphatic rings. The number of rotatable bonds is 3. The predicted octanol–water partition coefficient (Wildman–Crippen LogP) is 2.74. The van der Waals surface area contributed by atoms with Crippen molar-refractivity contribution in [3.63, 3.8) is 0 Å². The first-order valence-corrected chi connectivity index (χ1v) is 8.01. The van der Waals surface area contributed by atoms with Crippen LogP contribution in [-0.4, -0.2) is 28.6 Å². The van der Waals surface area contributed by atoms with E-state index in [1.807, 2.05) is 0 Å². The summed E-state index contributed by atoms with van der Waals surface area (Å²) in [5.41, 5.74) is 6.29. The Morgan fingerprint density at radius 2 is 2.00 bits per heavy atom. The van der Waals surface area contributed by atoms with E-state index >= 15 is 0 Å². The first kappa shape index (κ1) is 11.2. The van der Waals surface area contributed by atoms with Gasteiger partial charge in [-0.2, -0.15) is 23.5 Å². The molecule has 1 aliphatic heterocycles. The van der Waals surface area contributed by atoms with Crippen LogP contribution in [0.15, 0.2) is 0 Å². The Balaban J connectivity index is 1.72. The maximum Gasteiger partial charge on any atom is 0.0289 e. The normalized spacial score (nSPS) is 31.9. The van der Waals surface area contributed by atoms with Crippen LogP contribution in [0.4, 0.5) is 0 Å². The fourth-order valence-corrected chi connectivity index (χ4v) is 5.37. The molecule has 0 bridgehead atoms. The second-order valence-corrected chi connectivity index (χ2v) is 7.03. The monoisotopic (exact) mass is 231 g/mol. The van der Waals surface area contributed by atoms with E-state index in [0.717, 1.165) is 11.2 Å². The van der Waals surface area contributed by atoms with E-state index in [1.165, 1.54) is 49.4 Å². The van der Waals surface area contributed by atoms with Crippen LogP contribution in [0, 0.1) is 5.92 Å². The smallest absolute Gasteiger partial charge is 0.0289 e. The SMILES string of the molecule is NC(CC1CCCC1)C1CSCCS1. The van der Waals surface area contributed by atoms with Gasteiger partial charge in [-0.05, 0) is 12.3 Å². The molecule has 0 spiro atoms. The lowest BCUT2D eigenvalue weighted by molar-refractivity contribution is 0.441. The van der Waals surface area contributed by atoms with Gasteiger partial charge in [0.05, 0.1) is 0 Å². The summed E-state index contributed by atoms with van der Waals surface area (Å²) in [6, 6.07) is 0.468. The zero-order valence-corrected chi connectivity index (χ0v) is 10.4. The molecule has 1 nitrogen and oxygen atoms in total. The van der Waals surface area contributed by atoms with Crippen molar-refractivity contribution in [2.75, 3.05) is 17.3 Å². The summed E-state index contributed by atoms with van der Waals surface area (Å²) in [6.45, 7) is 0. The summed E-state index contributed by atoms with van der Waals surface area (Å²) in [4.78, 5) is 0. The second kappa shape index (κ2) is 5.66. The van der Waals surface area contributed by atoms with Crippen LogP contribution in [0.3, 0.4) is 0 Å². The summed E-state index contributed by atoms with van der Waals surface area (Å²) in [7, 11) is 0. The molecule has 0 aromatic carbocycles. The maximum atomic E-state index is 6.29. The minimum absolute atomic E-state index is 0.468. The highest BCUT2D eigenvalue weighted by molar-refractivity contribution is 8.06. The van der Waals surface area contributed by atoms with E-state index in [0.29, 0.717) is 6.04 Å². The Morgan fingerprint density at radius 3 is 2.64 bits per heavy atom. The number of nitrogens with two attached hydrogens (primary N) is 1. The molecule has 1 aliphatic carbocycles. The summed E-state index contributed by atoms with van der Waals surface area (Å²) in [5.74, 6) is 4.89. The molecular weight excluding hydrogens is 210 g/mol. The lowest BCUT2D eigenvalue weighted by Gasteiger charge is -2.28. The Kier molecular flexibility index (Phi) is 4.51. The van der Waals surface area contributed by atoms with Gasteiger partial charge in [0.1, 0.15) is 0 Å². The summed E-state index contributed by atoms with van der Waals surface area (Å²) in [5, 5.41) is 0.745. The Labute approximate surface area is 96.0 Å². The zero-order chi connectivity index (χ0) is 9.80. The lowest BCUT2D eigenvalue weighted by Crippen LogP contribution is -2.37. The van der Waals surface area contributed by atoms with Crippen LogP contribution >= 0.6 is 23.5 Å². The molecule has 1 saturated heterocycles. The van der Waals surface area contributed by atoms with Crippen molar-refractivity contribution in [2.45, 2.75) is 43.4 Å². The highest BCUT2D eigenvalue weighted by atomic mass is 32.2. The van der Waals surface area contributed by atoms with Crippen LogP contribution in [0.2, 0.25) is 0 Å². The van der Waals surface area contributed by atoms with Crippen LogP contribution in [0.1, 0.15) is 32.1 Å². The molecule has 0 aromatic rings. The molecule has 14 heavy (non-hydrogen) atoms. The van der Waals surface area contributed by atoms with Crippen molar-refractivity contribution < 1.29 is 0 Å². The van der Waals surface area contributed by atoms with Gasteiger partial charge in [0.15, 0.2) is 0 Å². The predicted molar refractivity (Wildman–Crippen MR) is 68.1 cm³/mol. The van der Waals surface area contributed by atoms with Crippen molar-refractivity contribution in [1.82, 2.24) is 0 Å². The molecular formula is C11H21NS2. The summed E-state index contributed by atoms with van der Waals surface area (Å²) < 4.78 is 0. The highest BCUT2D eigenvalue weighted by Gasteiger charge is 2.25. The third-order valence-corrected chi connectivity index (χ3v) is 6.34. The first-order valence-electron chi connectivity index (χ1n) is 5.81. The maximum absolute atomic E-state index is 6.29. The van der Waals surface area contributed by atoms with Crippen molar-refractivity contribution in [2.24, 2.45) is 11.7 Å². The minimum atomic E-state index is 0.468. The Bertz CT molecular complexity index is 163. The fourth-order valence-electron chi connectivity index (χ4n) is 2.54. The van der Waals surface area contributed by atoms with E-state index in [4.69, 9.17) is 5.73 Å². The third-order valence-electron chi connectivity index (χ3n) is 3.40. The molecule has 2 rings (SSSR count). The van der Waals surface area contributed by atoms with Gasteiger partial charge in [0.2, 0.25) is 0 Å².